The molecule has 1 aromatic rings. The molecule has 4 nitrogen and oxygen atoms in total. The van der Waals surface area contributed by atoms with E-state index in [1.54, 1.807) is 24.3 Å². The fraction of sp³-hybridized carbons (Fsp3) is 0.167. The standard InChI is InChI=1S/C12H13NO3S/c14-8-6-13(10-15)7-9-17-12(16)11-4-2-1-3-5-11/h1-5,7,9-10,14H,6,8H2. The quantitative estimate of drug-likeness (QED) is 0.778. The lowest BCUT2D eigenvalue weighted by Crippen LogP contribution is -2.18. The number of aliphatic hydroxyl groups excluding tert-OH is 1. The van der Waals surface area contributed by atoms with Crippen molar-refractivity contribution in [3.8, 4) is 0 Å². The fourth-order valence-corrected chi connectivity index (χ4v) is 1.70. The summed E-state index contributed by atoms with van der Waals surface area (Å²) < 4.78 is 0. The largest absolute Gasteiger partial charge is 0.395 e. The molecule has 0 saturated heterocycles. The van der Waals surface area contributed by atoms with Crippen molar-refractivity contribution in [2.75, 3.05) is 13.2 Å². The van der Waals surface area contributed by atoms with E-state index < -0.39 is 0 Å². The van der Waals surface area contributed by atoms with E-state index in [9.17, 15) is 9.59 Å². The Hall–Kier alpha value is -1.59. The Morgan fingerprint density at radius 2 is 2.06 bits per heavy atom. The van der Waals surface area contributed by atoms with Gasteiger partial charge in [-0.2, -0.15) is 0 Å². The average molecular weight is 251 g/mol. The number of carbonyl (C=O) groups is 2. The summed E-state index contributed by atoms with van der Waals surface area (Å²) in [6, 6.07) is 8.89. The van der Waals surface area contributed by atoms with Crippen LogP contribution in [0.25, 0.3) is 0 Å². The number of benzene rings is 1. The highest BCUT2D eigenvalue weighted by Gasteiger charge is 2.03. The summed E-state index contributed by atoms with van der Waals surface area (Å²) in [5, 5.41) is 10.1. The van der Waals surface area contributed by atoms with Gasteiger partial charge in [-0.25, -0.2) is 0 Å². The van der Waals surface area contributed by atoms with Gasteiger partial charge in [0.25, 0.3) is 0 Å². The minimum Gasteiger partial charge on any atom is -0.395 e. The first-order valence-corrected chi connectivity index (χ1v) is 5.90. The first-order valence-electron chi connectivity index (χ1n) is 5.02. The zero-order valence-electron chi connectivity index (χ0n) is 9.15. The van der Waals surface area contributed by atoms with Gasteiger partial charge in [-0.1, -0.05) is 42.1 Å². The van der Waals surface area contributed by atoms with Crippen molar-refractivity contribution in [1.29, 1.82) is 0 Å². The summed E-state index contributed by atoms with van der Waals surface area (Å²) in [4.78, 5) is 23.4. The number of hydrogen-bond acceptors (Lipinski definition) is 4. The number of thioether (sulfide) groups is 1. The van der Waals surface area contributed by atoms with Crippen molar-refractivity contribution in [2.45, 2.75) is 0 Å². The molecule has 0 bridgehead atoms. The van der Waals surface area contributed by atoms with E-state index in [1.807, 2.05) is 6.07 Å². The molecular formula is C12H13NO3S. The van der Waals surface area contributed by atoms with Gasteiger partial charge in [-0.3, -0.25) is 9.59 Å². The monoisotopic (exact) mass is 251 g/mol. The smallest absolute Gasteiger partial charge is 0.223 e. The Kier molecular flexibility index (Phi) is 6.06. The first-order chi connectivity index (χ1) is 8.27. The van der Waals surface area contributed by atoms with Crippen LogP contribution in [0.5, 0.6) is 0 Å². The third-order valence-electron chi connectivity index (χ3n) is 1.93. The second-order valence-electron chi connectivity index (χ2n) is 3.12. The highest BCUT2D eigenvalue weighted by atomic mass is 32.2. The van der Waals surface area contributed by atoms with E-state index in [1.165, 1.54) is 16.5 Å². The molecule has 1 amide bonds. The lowest BCUT2D eigenvalue weighted by atomic mass is 10.2. The number of amides is 1. The van der Waals surface area contributed by atoms with Crippen LogP contribution in [-0.4, -0.2) is 34.7 Å². The van der Waals surface area contributed by atoms with Crippen LogP contribution in [0.1, 0.15) is 10.4 Å². The van der Waals surface area contributed by atoms with Crippen LogP contribution < -0.4 is 0 Å². The molecular weight excluding hydrogens is 238 g/mol. The zero-order valence-corrected chi connectivity index (χ0v) is 9.97. The maximum Gasteiger partial charge on any atom is 0.223 e. The Balaban J connectivity index is 2.48. The Morgan fingerprint density at radius 3 is 2.65 bits per heavy atom. The molecule has 0 heterocycles. The van der Waals surface area contributed by atoms with Gasteiger partial charge in [0, 0.05) is 18.3 Å². The molecule has 0 aliphatic carbocycles. The van der Waals surface area contributed by atoms with Crippen molar-refractivity contribution in [2.24, 2.45) is 0 Å². The SMILES string of the molecule is O=CN(C=CSC(=O)c1ccccc1)CCO. The molecule has 0 unspecified atom stereocenters. The van der Waals surface area contributed by atoms with Gasteiger partial charge in [0.15, 0.2) is 0 Å². The van der Waals surface area contributed by atoms with E-state index in [0.717, 1.165) is 11.8 Å². The predicted molar refractivity (Wildman–Crippen MR) is 67.4 cm³/mol. The number of carbonyl (C=O) groups excluding carboxylic acids is 2. The Labute approximate surface area is 104 Å². The third kappa shape index (κ3) is 4.84. The summed E-state index contributed by atoms with van der Waals surface area (Å²) >= 11 is 0.997. The van der Waals surface area contributed by atoms with Gasteiger partial charge in [-0.05, 0) is 5.41 Å². The highest BCUT2D eigenvalue weighted by molar-refractivity contribution is 8.16. The van der Waals surface area contributed by atoms with Crippen LogP contribution in [0.4, 0.5) is 0 Å². The molecule has 0 spiro atoms. The van der Waals surface area contributed by atoms with Crippen LogP contribution >= 0.6 is 11.8 Å². The molecule has 5 heteroatoms. The molecule has 17 heavy (non-hydrogen) atoms. The minimum absolute atomic E-state index is 0.0864. The number of rotatable bonds is 6. The summed E-state index contributed by atoms with van der Waals surface area (Å²) in [7, 11) is 0. The van der Waals surface area contributed by atoms with E-state index in [2.05, 4.69) is 0 Å². The number of nitrogens with zero attached hydrogens (tertiary/aromatic N) is 1. The van der Waals surface area contributed by atoms with Gasteiger partial charge in [-0.15, -0.1) is 0 Å². The summed E-state index contributed by atoms with van der Waals surface area (Å²) in [6.07, 6.45) is 2.06. The normalized spacial score (nSPS) is 10.4. The second kappa shape index (κ2) is 7.65. The Morgan fingerprint density at radius 1 is 1.35 bits per heavy atom. The molecule has 1 rings (SSSR count). The summed E-state index contributed by atoms with van der Waals surface area (Å²) in [6.45, 7) is 0.112. The van der Waals surface area contributed by atoms with E-state index in [0.29, 0.717) is 12.0 Å². The molecule has 0 aliphatic rings. The van der Waals surface area contributed by atoms with Gasteiger partial charge in [0.05, 0.1) is 6.61 Å². The van der Waals surface area contributed by atoms with Gasteiger partial charge >= 0.3 is 0 Å². The average Bonchev–Trinajstić information content (AvgIpc) is 2.38. The van der Waals surface area contributed by atoms with Gasteiger partial charge in [0.1, 0.15) is 0 Å². The van der Waals surface area contributed by atoms with Gasteiger partial charge in [0.2, 0.25) is 11.5 Å². The molecule has 0 saturated carbocycles. The van der Waals surface area contributed by atoms with Crippen LogP contribution in [0.15, 0.2) is 41.9 Å². The molecule has 0 radical (unpaired) electrons. The molecule has 0 fully saturated rings. The Bertz CT molecular complexity index is 392. The fourth-order valence-electron chi connectivity index (χ4n) is 1.09. The lowest BCUT2D eigenvalue weighted by Gasteiger charge is -2.08. The van der Waals surface area contributed by atoms with Crippen molar-refractivity contribution >= 4 is 23.3 Å². The van der Waals surface area contributed by atoms with Crippen LogP contribution in [0, 0.1) is 0 Å². The molecule has 1 aromatic carbocycles. The van der Waals surface area contributed by atoms with E-state index in [-0.39, 0.29) is 18.3 Å². The molecule has 0 atom stereocenters. The summed E-state index contributed by atoms with van der Waals surface area (Å²) in [5.41, 5.74) is 0.613. The van der Waals surface area contributed by atoms with Crippen molar-refractivity contribution in [3.05, 3.63) is 47.5 Å². The molecule has 0 aliphatic heterocycles. The topological polar surface area (TPSA) is 57.6 Å². The van der Waals surface area contributed by atoms with Crippen LogP contribution in [-0.2, 0) is 4.79 Å². The zero-order chi connectivity index (χ0) is 12.5. The molecule has 1 N–H and O–H groups in total. The predicted octanol–water partition coefficient (Wildman–Crippen LogP) is 1.48. The van der Waals surface area contributed by atoms with Crippen molar-refractivity contribution < 1.29 is 14.7 Å². The van der Waals surface area contributed by atoms with Crippen LogP contribution in [0.2, 0.25) is 0 Å². The maximum absolute atomic E-state index is 11.6. The number of hydrogen-bond donors (Lipinski definition) is 1. The second-order valence-corrected chi connectivity index (χ2v) is 4.00. The van der Waals surface area contributed by atoms with E-state index >= 15 is 0 Å². The highest BCUT2D eigenvalue weighted by Crippen LogP contribution is 2.13. The maximum atomic E-state index is 11.6. The molecule has 90 valence electrons. The minimum atomic E-state index is -0.111. The van der Waals surface area contributed by atoms with Crippen LogP contribution in [0.3, 0.4) is 0 Å². The lowest BCUT2D eigenvalue weighted by molar-refractivity contribution is -0.116. The summed E-state index contributed by atoms with van der Waals surface area (Å²) in [5.74, 6) is 0. The van der Waals surface area contributed by atoms with E-state index in [4.69, 9.17) is 5.11 Å². The van der Waals surface area contributed by atoms with Gasteiger partial charge < -0.3 is 10.0 Å². The van der Waals surface area contributed by atoms with Crippen molar-refractivity contribution in [3.63, 3.8) is 0 Å². The number of aliphatic hydroxyl groups is 1. The van der Waals surface area contributed by atoms with Crippen molar-refractivity contribution in [1.82, 2.24) is 4.90 Å². The molecule has 0 aromatic heterocycles. The third-order valence-corrected chi connectivity index (χ3v) is 2.64. The first kappa shape index (κ1) is 13.5.